The van der Waals surface area contributed by atoms with Crippen LogP contribution in [0.25, 0.3) is 0 Å². The van der Waals surface area contributed by atoms with Crippen molar-refractivity contribution in [3.8, 4) is 0 Å². The molecule has 112 valence electrons. The third kappa shape index (κ3) is 3.97. The van der Waals surface area contributed by atoms with Crippen molar-refractivity contribution in [3.05, 3.63) is 59.1 Å². The van der Waals surface area contributed by atoms with E-state index in [1.165, 1.54) is 12.1 Å². The van der Waals surface area contributed by atoms with Gasteiger partial charge in [0, 0.05) is 6.04 Å². The zero-order valence-corrected chi connectivity index (χ0v) is 13.2. The lowest BCUT2D eigenvalue weighted by atomic mass is 10.1. The number of rotatable bonds is 5. The van der Waals surface area contributed by atoms with Gasteiger partial charge in [0.2, 0.25) is 10.0 Å². The van der Waals surface area contributed by atoms with Crippen LogP contribution >= 0.6 is 11.6 Å². The maximum atomic E-state index is 12.4. The van der Waals surface area contributed by atoms with Crippen LogP contribution in [0.2, 0.25) is 5.02 Å². The fourth-order valence-corrected chi connectivity index (χ4v) is 4.06. The molecule has 0 aliphatic rings. The van der Waals surface area contributed by atoms with Crippen LogP contribution in [0.4, 0.5) is 5.69 Å². The molecule has 0 fully saturated rings. The van der Waals surface area contributed by atoms with Crippen LogP contribution in [0.3, 0.4) is 0 Å². The first-order valence-electron chi connectivity index (χ1n) is 6.50. The van der Waals surface area contributed by atoms with Gasteiger partial charge >= 0.3 is 0 Å². The normalized spacial score (nSPS) is 13.0. The number of hydrogen-bond donors (Lipinski definition) is 2. The van der Waals surface area contributed by atoms with Crippen molar-refractivity contribution in [2.45, 2.75) is 24.3 Å². The Hall–Kier alpha value is -1.56. The molecular weight excluding hydrogens is 308 g/mol. The van der Waals surface area contributed by atoms with E-state index in [4.69, 9.17) is 17.3 Å². The van der Waals surface area contributed by atoms with Gasteiger partial charge in [-0.1, -0.05) is 48.0 Å². The monoisotopic (exact) mass is 324 g/mol. The number of anilines is 1. The predicted molar refractivity (Wildman–Crippen MR) is 85.8 cm³/mol. The molecule has 4 nitrogen and oxygen atoms in total. The fourth-order valence-electron chi connectivity index (χ4n) is 2.14. The van der Waals surface area contributed by atoms with Crippen LogP contribution < -0.4 is 10.5 Å². The summed E-state index contributed by atoms with van der Waals surface area (Å²) in [5.74, 6) is 0. The van der Waals surface area contributed by atoms with Gasteiger partial charge in [0.15, 0.2) is 0 Å². The lowest BCUT2D eigenvalue weighted by Gasteiger charge is -2.16. The molecule has 0 aromatic heterocycles. The molecule has 21 heavy (non-hydrogen) atoms. The van der Waals surface area contributed by atoms with Crippen molar-refractivity contribution in [3.63, 3.8) is 0 Å². The molecule has 2 aromatic carbocycles. The Morgan fingerprint density at radius 3 is 2.43 bits per heavy atom. The molecule has 0 heterocycles. The minimum absolute atomic E-state index is 0.0634. The Morgan fingerprint density at radius 1 is 1.14 bits per heavy atom. The first-order valence-corrected chi connectivity index (χ1v) is 8.36. The standard InChI is InChI=1S/C15H17ClN2O2S/c1-11(10-12-6-3-2-4-7-12)18-21(19,20)15-13(16)8-5-9-14(15)17/h2-9,11,18H,10,17H2,1H3. The lowest BCUT2D eigenvalue weighted by Crippen LogP contribution is -2.34. The summed E-state index contributed by atoms with van der Waals surface area (Å²) in [6.07, 6.45) is 0.588. The van der Waals surface area contributed by atoms with Crippen LogP contribution in [0, 0.1) is 0 Å². The van der Waals surface area contributed by atoms with Gasteiger partial charge in [-0.2, -0.15) is 0 Å². The Balaban J connectivity index is 2.18. The number of benzene rings is 2. The van der Waals surface area contributed by atoms with Crippen LogP contribution in [0.5, 0.6) is 0 Å². The SMILES string of the molecule is CC(Cc1ccccc1)NS(=O)(=O)c1c(N)cccc1Cl. The second kappa shape index (κ2) is 6.47. The van der Waals surface area contributed by atoms with Gasteiger partial charge in [0.05, 0.1) is 10.7 Å². The van der Waals surface area contributed by atoms with E-state index < -0.39 is 10.0 Å². The number of nitrogens with two attached hydrogens (primary N) is 1. The smallest absolute Gasteiger partial charge is 0.244 e. The van der Waals surface area contributed by atoms with E-state index in [9.17, 15) is 8.42 Å². The molecular formula is C15H17ClN2O2S. The van der Waals surface area contributed by atoms with Crippen LogP contribution in [0.1, 0.15) is 12.5 Å². The molecule has 6 heteroatoms. The van der Waals surface area contributed by atoms with Crippen LogP contribution in [-0.2, 0) is 16.4 Å². The van der Waals surface area contributed by atoms with Gasteiger partial charge in [-0.3, -0.25) is 0 Å². The van der Waals surface area contributed by atoms with E-state index in [1.54, 1.807) is 13.0 Å². The molecule has 0 amide bonds. The molecule has 1 atom stereocenters. The number of nitrogens with one attached hydrogen (secondary N) is 1. The average molecular weight is 325 g/mol. The highest BCUT2D eigenvalue weighted by Crippen LogP contribution is 2.27. The minimum Gasteiger partial charge on any atom is -0.398 e. The third-order valence-electron chi connectivity index (χ3n) is 3.01. The number of halogens is 1. The zero-order chi connectivity index (χ0) is 15.5. The summed E-state index contributed by atoms with van der Waals surface area (Å²) in [6, 6.07) is 14.0. The second-order valence-corrected chi connectivity index (χ2v) is 6.93. The average Bonchev–Trinajstić information content (AvgIpc) is 2.38. The highest BCUT2D eigenvalue weighted by Gasteiger charge is 2.23. The van der Waals surface area contributed by atoms with E-state index >= 15 is 0 Å². The summed E-state index contributed by atoms with van der Waals surface area (Å²) in [6.45, 7) is 1.80. The van der Waals surface area contributed by atoms with E-state index in [0.29, 0.717) is 6.42 Å². The number of hydrogen-bond acceptors (Lipinski definition) is 3. The second-order valence-electron chi connectivity index (χ2n) is 4.87. The van der Waals surface area contributed by atoms with Crippen molar-refractivity contribution >= 4 is 27.3 Å². The lowest BCUT2D eigenvalue weighted by molar-refractivity contribution is 0.560. The fraction of sp³-hybridized carbons (Fsp3) is 0.200. The molecule has 0 bridgehead atoms. The summed E-state index contributed by atoms with van der Waals surface area (Å²) in [5, 5.41) is 0.120. The summed E-state index contributed by atoms with van der Waals surface area (Å²) in [5.41, 5.74) is 6.93. The van der Waals surface area contributed by atoms with Crippen LogP contribution in [-0.4, -0.2) is 14.5 Å². The maximum absolute atomic E-state index is 12.4. The van der Waals surface area contributed by atoms with E-state index in [2.05, 4.69) is 4.72 Å². The number of nitrogen functional groups attached to an aromatic ring is 1. The number of sulfonamides is 1. The van der Waals surface area contributed by atoms with Crippen molar-refractivity contribution in [2.24, 2.45) is 0 Å². The molecule has 2 rings (SSSR count). The van der Waals surface area contributed by atoms with E-state index in [1.807, 2.05) is 30.3 Å². The van der Waals surface area contributed by atoms with Gasteiger partial charge < -0.3 is 5.73 Å². The first kappa shape index (κ1) is 15.8. The maximum Gasteiger partial charge on any atom is 0.244 e. The summed E-state index contributed by atoms with van der Waals surface area (Å²) in [7, 11) is -3.75. The van der Waals surface area contributed by atoms with Crippen molar-refractivity contribution in [1.82, 2.24) is 4.72 Å². The minimum atomic E-state index is -3.75. The third-order valence-corrected chi connectivity index (χ3v) is 5.14. The van der Waals surface area contributed by atoms with Crippen molar-refractivity contribution in [1.29, 1.82) is 0 Å². The molecule has 3 N–H and O–H groups in total. The molecule has 0 spiro atoms. The molecule has 1 unspecified atom stereocenters. The molecule has 0 aliphatic carbocycles. The summed E-state index contributed by atoms with van der Waals surface area (Å²) >= 11 is 5.96. The topological polar surface area (TPSA) is 72.2 Å². The Morgan fingerprint density at radius 2 is 1.81 bits per heavy atom. The predicted octanol–water partition coefficient (Wildman–Crippen LogP) is 2.83. The van der Waals surface area contributed by atoms with Crippen LogP contribution in [0.15, 0.2) is 53.4 Å². The Kier molecular flexibility index (Phi) is 4.88. The van der Waals surface area contributed by atoms with Gasteiger partial charge in [-0.25, -0.2) is 13.1 Å². The quantitative estimate of drug-likeness (QED) is 0.831. The highest BCUT2D eigenvalue weighted by molar-refractivity contribution is 7.89. The van der Waals surface area contributed by atoms with E-state index in [-0.39, 0.29) is 21.6 Å². The molecule has 0 radical (unpaired) electrons. The van der Waals surface area contributed by atoms with Gasteiger partial charge in [-0.15, -0.1) is 0 Å². The largest absolute Gasteiger partial charge is 0.398 e. The highest BCUT2D eigenvalue weighted by atomic mass is 35.5. The van der Waals surface area contributed by atoms with Gasteiger partial charge in [-0.05, 0) is 31.0 Å². The van der Waals surface area contributed by atoms with Crippen molar-refractivity contribution in [2.75, 3.05) is 5.73 Å². The Bertz CT molecular complexity index is 697. The van der Waals surface area contributed by atoms with Crippen molar-refractivity contribution < 1.29 is 8.42 Å². The molecule has 2 aromatic rings. The van der Waals surface area contributed by atoms with E-state index in [0.717, 1.165) is 5.56 Å². The molecule has 0 saturated carbocycles. The Labute approximate surface area is 130 Å². The molecule has 0 saturated heterocycles. The first-order chi connectivity index (χ1) is 9.90. The molecule has 0 aliphatic heterocycles. The van der Waals surface area contributed by atoms with Gasteiger partial charge in [0.1, 0.15) is 4.90 Å². The zero-order valence-electron chi connectivity index (χ0n) is 11.6. The summed E-state index contributed by atoms with van der Waals surface area (Å²) in [4.78, 5) is -0.0634. The van der Waals surface area contributed by atoms with Gasteiger partial charge in [0.25, 0.3) is 0 Å². The summed E-state index contributed by atoms with van der Waals surface area (Å²) < 4.78 is 27.4.